The molecule has 5 nitrogen and oxygen atoms in total. The molecule has 1 unspecified atom stereocenters. The van der Waals surface area contributed by atoms with Crippen LogP contribution in [0.15, 0.2) is 24.3 Å². The molecule has 122 valence electrons. The van der Waals surface area contributed by atoms with E-state index in [-0.39, 0.29) is 18.0 Å². The van der Waals surface area contributed by atoms with Crippen molar-refractivity contribution in [3.8, 4) is 0 Å². The highest BCUT2D eigenvalue weighted by atomic mass is 19.1. The normalized spacial score (nSPS) is 17.0. The molecule has 0 spiro atoms. The van der Waals surface area contributed by atoms with Gasteiger partial charge in [0.15, 0.2) is 0 Å². The molecule has 2 rings (SSSR count). The van der Waals surface area contributed by atoms with Crippen LogP contribution in [0.5, 0.6) is 0 Å². The van der Waals surface area contributed by atoms with Crippen molar-refractivity contribution in [1.29, 1.82) is 0 Å². The zero-order chi connectivity index (χ0) is 15.9. The Labute approximate surface area is 131 Å². The van der Waals surface area contributed by atoms with E-state index in [1.165, 1.54) is 13.2 Å². The van der Waals surface area contributed by atoms with Gasteiger partial charge in [-0.15, -0.1) is 0 Å². The second-order valence-electron chi connectivity index (χ2n) is 5.33. The Balaban J connectivity index is 2.24. The van der Waals surface area contributed by atoms with E-state index >= 15 is 0 Å². The fourth-order valence-electron chi connectivity index (χ4n) is 2.82. The number of amides is 1. The second-order valence-corrected chi connectivity index (χ2v) is 5.33. The molecule has 22 heavy (non-hydrogen) atoms. The number of hydrogen-bond acceptors (Lipinski definition) is 4. The van der Waals surface area contributed by atoms with Crippen LogP contribution < -0.4 is 5.32 Å². The Morgan fingerprint density at radius 2 is 2.09 bits per heavy atom. The Hall–Kier alpha value is -1.66. The van der Waals surface area contributed by atoms with Crippen LogP contribution in [0.3, 0.4) is 0 Å². The first kappa shape index (κ1) is 16.7. The number of nitrogens with one attached hydrogen (secondary N) is 1. The van der Waals surface area contributed by atoms with E-state index in [4.69, 9.17) is 4.74 Å². The van der Waals surface area contributed by atoms with Crippen molar-refractivity contribution >= 4 is 6.09 Å². The third-order valence-corrected chi connectivity index (χ3v) is 4.06. The number of rotatable bonds is 5. The molecular weight excluding hydrogens is 285 g/mol. The van der Waals surface area contributed by atoms with E-state index in [0.29, 0.717) is 18.7 Å². The van der Waals surface area contributed by atoms with Gasteiger partial charge in [-0.2, -0.15) is 0 Å². The number of carbonyl (C=O) groups excluding carboxylic acids is 1. The van der Waals surface area contributed by atoms with Crippen LogP contribution in [-0.4, -0.2) is 62.3 Å². The highest BCUT2D eigenvalue weighted by Gasteiger charge is 2.28. The van der Waals surface area contributed by atoms with Gasteiger partial charge in [-0.05, 0) is 13.0 Å². The summed E-state index contributed by atoms with van der Waals surface area (Å²) >= 11 is 0. The van der Waals surface area contributed by atoms with Gasteiger partial charge in [-0.25, -0.2) is 9.18 Å². The quantitative estimate of drug-likeness (QED) is 0.902. The Morgan fingerprint density at radius 1 is 1.41 bits per heavy atom. The lowest BCUT2D eigenvalue weighted by molar-refractivity contribution is 0.0949. The summed E-state index contributed by atoms with van der Waals surface area (Å²) in [6.45, 7) is 6.25. The van der Waals surface area contributed by atoms with Crippen molar-refractivity contribution in [3.63, 3.8) is 0 Å². The SMILES string of the molecule is CCN(CC(c1ccccc1F)N1CCNCC1)C(=O)OC. The predicted octanol–water partition coefficient (Wildman–Crippen LogP) is 1.86. The van der Waals surface area contributed by atoms with Crippen molar-refractivity contribution in [1.82, 2.24) is 15.1 Å². The first-order valence-electron chi connectivity index (χ1n) is 7.69. The molecule has 1 heterocycles. The van der Waals surface area contributed by atoms with Crippen LogP contribution in [0.4, 0.5) is 9.18 Å². The number of likely N-dealkylation sites (N-methyl/N-ethyl adjacent to an activating group) is 1. The number of halogens is 1. The van der Waals surface area contributed by atoms with Crippen LogP contribution in [0.2, 0.25) is 0 Å². The van der Waals surface area contributed by atoms with E-state index < -0.39 is 0 Å². The highest BCUT2D eigenvalue weighted by Crippen LogP contribution is 2.25. The molecule has 1 aromatic rings. The van der Waals surface area contributed by atoms with Crippen molar-refractivity contribution in [2.24, 2.45) is 0 Å². The van der Waals surface area contributed by atoms with Gasteiger partial charge in [-0.3, -0.25) is 4.90 Å². The molecule has 1 N–H and O–H groups in total. The lowest BCUT2D eigenvalue weighted by Gasteiger charge is -2.37. The third-order valence-electron chi connectivity index (χ3n) is 4.06. The summed E-state index contributed by atoms with van der Waals surface area (Å²) in [5.41, 5.74) is 0.631. The third kappa shape index (κ3) is 3.96. The molecule has 1 saturated heterocycles. The van der Waals surface area contributed by atoms with Gasteiger partial charge >= 0.3 is 6.09 Å². The molecule has 1 atom stereocenters. The lowest BCUT2D eigenvalue weighted by atomic mass is 10.0. The van der Waals surface area contributed by atoms with Gasteiger partial charge in [-0.1, -0.05) is 18.2 Å². The summed E-state index contributed by atoms with van der Waals surface area (Å²) in [7, 11) is 1.37. The fourth-order valence-corrected chi connectivity index (χ4v) is 2.82. The number of nitrogens with zero attached hydrogens (tertiary/aromatic N) is 2. The molecular formula is C16H24FN3O2. The van der Waals surface area contributed by atoms with Gasteiger partial charge in [0, 0.05) is 44.8 Å². The van der Waals surface area contributed by atoms with Crippen LogP contribution >= 0.6 is 0 Å². The van der Waals surface area contributed by atoms with E-state index in [1.807, 2.05) is 13.0 Å². The maximum absolute atomic E-state index is 14.3. The van der Waals surface area contributed by atoms with E-state index in [1.54, 1.807) is 17.0 Å². The van der Waals surface area contributed by atoms with Crippen LogP contribution in [0, 0.1) is 5.82 Å². The van der Waals surface area contributed by atoms with Gasteiger partial charge in [0.25, 0.3) is 0 Å². The predicted molar refractivity (Wildman–Crippen MR) is 83.2 cm³/mol. The minimum atomic E-state index is -0.376. The molecule has 0 bridgehead atoms. The number of benzene rings is 1. The summed E-state index contributed by atoms with van der Waals surface area (Å²) in [5.74, 6) is -0.230. The lowest BCUT2D eigenvalue weighted by Crippen LogP contribution is -2.49. The maximum Gasteiger partial charge on any atom is 0.409 e. The summed E-state index contributed by atoms with van der Waals surface area (Å²) < 4.78 is 19.1. The number of hydrogen-bond donors (Lipinski definition) is 1. The number of methoxy groups -OCH3 is 1. The Bertz CT molecular complexity index is 492. The smallest absolute Gasteiger partial charge is 0.409 e. The molecule has 0 aromatic heterocycles. The minimum Gasteiger partial charge on any atom is -0.453 e. The molecule has 1 fully saturated rings. The first-order valence-corrected chi connectivity index (χ1v) is 7.69. The fraction of sp³-hybridized carbons (Fsp3) is 0.562. The topological polar surface area (TPSA) is 44.8 Å². The second kappa shape index (κ2) is 8.10. The van der Waals surface area contributed by atoms with Gasteiger partial charge in [0.1, 0.15) is 5.82 Å². The average Bonchev–Trinajstić information content (AvgIpc) is 2.57. The van der Waals surface area contributed by atoms with E-state index in [9.17, 15) is 9.18 Å². The van der Waals surface area contributed by atoms with E-state index in [0.717, 1.165) is 26.2 Å². The van der Waals surface area contributed by atoms with Gasteiger partial charge in [0.05, 0.1) is 13.2 Å². The summed E-state index contributed by atoms with van der Waals surface area (Å²) in [6.07, 6.45) is -0.376. The van der Waals surface area contributed by atoms with Crippen LogP contribution in [0.1, 0.15) is 18.5 Å². The molecule has 1 aliphatic rings. The van der Waals surface area contributed by atoms with Crippen LogP contribution in [-0.2, 0) is 4.74 Å². The van der Waals surface area contributed by atoms with Gasteiger partial charge < -0.3 is 15.0 Å². The van der Waals surface area contributed by atoms with Crippen molar-refractivity contribution < 1.29 is 13.9 Å². The zero-order valence-electron chi connectivity index (χ0n) is 13.2. The monoisotopic (exact) mass is 309 g/mol. The number of carbonyl (C=O) groups is 1. The van der Waals surface area contributed by atoms with Crippen LogP contribution in [0.25, 0.3) is 0 Å². The minimum absolute atomic E-state index is 0.164. The van der Waals surface area contributed by atoms with Crippen molar-refractivity contribution in [2.45, 2.75) is 13.0 Å². The summed E-state index contributed by atoms with van der Waals surface area (Å²) in [6, 6.07) is 6.63. The molecule has 1 aromatic carbocycles. The standard InChI is InChI=1S/C16H24FN3O2/c1-3-19(16(21)22-2)12-15(20-10-8-18-9-11-20)13-6-4-5-7-14(13)17/h4-7,15,18H,3,8-12H2,1-2H3. The average molecular weight is 309 g/mol. The Morgan fingerprint density at radius 3 is 2.68 bits per heavy atom. The van der Waals surface area contributed by atoms with E-state index in [2.05, 4.69) is 10.2 Å². The summed E-state index contributed by atoms with van der Waals surface area (Å²) in [4.78, 5) is 15.7. The Kier molecular flexibility index (Phi) is 6.15. The zero-order valence-corrected chi connectivity index (χ0v) is 13.2. The molecule has 1 aliphatic heterocycles. The molecule has 0 aliphatic carbocycles. The highest BCUT2D eigenvalue weighted by molar-refractivity contribution is 5.67. The largest absolute Gasteiger partial charge is 0.453 e. The number of piperazine rings is 1. The molecule has 0 saturated carbocycles. The van der Waals surface area contributed by atoms with Crippen molar-refractivity contribution in [2.75, 3.05) is 46.4 Å². The number of ether oxygens (including phenoxy) is 1. The molecule has 1 amide bonds. The molecule has 6 heteroatoms. The first-order chi connectivity index (χ1) is 10.7. The van der Waals surface area contributed by atoms with Crippen molar-refractivity contribution in [3.05, 3.63) is 35.6 Å². The summed E-state index contributed by atoms with van der Waals surface area (Å²) in [5, 5.41) is 3.30. The van der Waals surface area contributed by atoms with Gasteiger partial charge in [0.2, 0.25) is 0 Å². The molecule has 0 radical (unpaired) electrons. The maximum atomic E-state index is 14.3.